The van der Waals surface area contributed by atoms with E-state index >= 15 is 0 Å². The van der Waals surface area contributed by atoms with Gasteiger partial charge in [-0.25, -0.2) is 15.0 Å². The Kier molecular flexibility index (Phi) is 5.33. The van der Waals surface area contributed by atoms with E-state index in [-0.39, 0.29) is 0 Å². The number of rotatable bonds is 5. The molecule has 2 aliphatic heterocycles. The van der Waals surface area contributed by atoms with Gasteiger partial charge in [-0.3, -0.25) is 4.98 Å². The molecule has 36 heavy (non-hydrogen) atoms. The van der Waals surface area contributed by atoms with Gasteiger partial charge >= 0.3 is 0 Å². The summed E-state index contributed by atoms with van der Waals surface area (Å²) in [5, 5.41) is 6.98. The van der Waals surface area contributed by atoms with Crippen molar-refractivity contribution in [2.24, 2.45) is 0 Å². The highest BCUT2D eigenvalue weighted by Crippen LogP contribution is 2.28. The molecule has 0 amide bonds. The Bertz CT molecular complexity index is 1500. The van der Waals surface area contributed by atoms with Crippen LogP contribution in [0, 0.1) is 0 Å². The van der Waals surface area contributed by atoms with Crippen LogP contribution in [-0.4, -0.2) is 43.0 Å². The Morgan fingerprint density at radius 3 is 1.86 bits per heavy atom. The summed E-state index contributed by atoms with van der Waals surface area (Å²) < 4.78 is 0. The molecule has 0 spiro atoms. The van der Waals surface area contributed by atoms with E-state index in [2.05, 4.69) is 67.0 Å². The van der Waals surface area contributed by atoms with E-state index in [1.54, 1.807) is 0 Å². The van der Waals surface area contributed by atoms with Crippen LogP contribution in [0.3, 0.4) is 0 Å². The van der Waals surface area contributed by atoms with Crippen molar-refractivity contribution in [3.05, 3.63) is 72.7 Å². The second kappa shape index (κ2) is 8.96. The number of imidazole rings is 2. The predicted molar refractivity (Wildman–Crippen MR) is 140 cm³/mol. The lowest BCUT2D eigenvalue weighted by atomic mass is 10.1. The molecule has 2 aliphatic rings. The molecule has 8 heteroatoms. The van der Waals surface area contributed by atoms with Crippen LogP contribution in [0.4, 0.5) is 0 Å². The second-order valence-electron chi connectivity index (χ2n) is 9.70. The summed E-state index contributed by atoms with van der Waals surface area (Å²) in [7, 11) is 0. The first kappa shape index (κ1) is 21.4. The lowest BCUT2D eigenvalue weighted by molar-refractivity contribution is 0.613. The molecule has 0 saturated carbocycles. The number of fused-ring (bicyclic) bond motifs is 1. The van der Waals surface area contributed by atoms with Crippen LogP contribution in [0.1, 0.15) is 49.4 Å². The first-order valence-electron chi connectivity index (χ1n) is 12.7. The highest BCUT2D eigenvalue weighted by atomic mass is 15.0. The highest BCUT2D eigenvalue weighted by Gasteiger charge is 2.20. The average Bonchev–Trinajstić information content (AvgIpc) is 3.75. The molecule has 2 saturated heterocycles. The molecule has 2 atom stereocenters. The minimum atomic E-state index is 0.326. The largest absolute Gasteiger partial charge is 0.341 e. The zero-order valence-corrected chi connectivity index (χ0v) is 20.0. The topological polar surface area (TPSA) is 107 Å². The van der Waals surface area contributed by atoms with Crippen LogP contribution >= 0.6 is 0 Å². The van der Waals surface area contributed by atoms with Crippen molar-refractivity contribution in [2.75, 3.05) is 13.1 Å². The molecular weight excluding hydrogens is 448 g/mol. The summed E-state index contributed by atoms with van der Waals surface area (Å²) in [5.41, 5.74) is 7.86. The lowest BCUT2D eigenvalue weighted by Gasteiger charge is -2.07. The molecular formula is C28H28N8. The van der Waals surface area contributed by atoms with Crippen LogP contribution in [0.25, 0.3) is 44.8 Å². The van der Waals surface area contributed by atoms with Gasteiger partial charge in [0.05, 0.1) is 58.8 Å². The third kappa shape index (κ3) is 3.98. The highest BCUT2D eigenvalue weighted by molar-refractivity contribution is 5.82. The Morgan fingerprint density at radius 1 is 0.611 bits per heavy atom. The van der Waals surface area contributed by atoms with Crippen molar-refractivity contribution in [3.8, 4) is 33.8 Å². The first-order valence-corrected chi connectivity index (χ1v) is 12.7. The number of hydrogen-bond donors (Lipinski definition) is 4. The molecule has 0 bridgehead atoms. The number of aromatic amines is 2. The van der Waals surface area contributed by atoms with Crippen molar-refractivity contribution in [1.82, 2.24) is 40.5 Å². The number of H-pyrrole nitrogens is 2. The van der Waals surface area contributed by atoms with Crippen molar-refractivity contribution in [3.63, 3.8) is 0 Å². The van der Waals surface area contributed by atoms with Crippen LogP contribution in [-0.2, 0) is 0 Å². The molecule has 5 aromatic rings. The Morgan fingerprint density at radius 2 is 1.22 bits per heavy atom. The third-order valence-corrected chi connectivity index (χ3v) is 7.32. The fraction of sp³-hybridized carbons (Fsp3) is 0.286. The van der Waals surface area contributed by atoms with Crippen molar-refractivity contribution in [2.45, 2.75) is 37.8 Å². The molecule has 2 fully saturated rings. The number of nitrogens with one attached hydrogen (secondary N) is 4. The molecule has 0 unspecified atom stereocenters. The number of hydrogen-bond acceptors (Lipinski definition) is 6. The van der Waals surface area contributed by atoms with E-state index in [0.717, 1.165) is 82.4 Å². The Labute approximate surface area is 209 Å². The summed E-state index contributed by atoms with van der Waals surface area (Å²) in [5.74, 6) is 2.03. The minimum Gasteiger partial charge on any atom is -0.341 e. The fourth-order valence-electron chi connectivity index (χ4n) is 5.29. The van der Waals surface area contributed by atoms with Gasteiger partial charge in [0, 0.05) is 11.1 Å². The maximum absolute atomic E-state index is 4.88. The minimum absolute atomic E-state index is 0.326. The molecule has 0 aliphatic carbocycles. The lowest BCUT2D eigenvalue weighted by Crippen LogP contribution is -2.14. The van der Waals surface area contributed by atoms with Gasteiger partial charge in [-0.05, 0) is 56.5 Å². The summed E-state index contributed by atoms with van der Waals surface area (Å²) in [6, 6.07) is 15.3. The van der Waals surface area contributed by atoms with Gasteiger partial charge in [0.15, 0.2) is 0 Å². The average molecular weight is 477 g/mol. The Balaban J connectivity index is 1.11. The van der Waals surface area contributed by atoms with Crippen molar-refractivity contribution in [1.29, 1.82) is 0 Å². The van der Waals surface area contributed by atoms with Gasteiger partial charge in [0.2, 0.25) is 0 Å². The Hall–Kier alpha value is -3.88. The molecule has 7 rings (SSSR count). The quantitative estimate of drug-likeness (QED) is 0.287. The van der Waals surface area contributed by atoms with Gasteiger partial charge in [-0.1, -0.05) is 30.3 Å². The van der Waals surface area contributed by atoms with Crippen molar-refractivity contribution >= 4 is 11.0 Å². The van der Waals surface area contributed by atoms with Crippen LogP contribution in [0.15, 0.2) is 61.1 Å². The summed E-state index contributed by atoms with van der Waals surface area (Å²) >= 11 is 0. The van der Waals surface area contributed by atoms with Crippen LogP contribution in [0.2, 0.25) is 0 Å². The van der Waals surface area contributed by atoms with Gasteiger partial charge in [0.1, 0.15) is 11.6 Å². The van der Waals surface area contributed by atoms with E-state index in [9.17, 15) is 0 Å². The molecule has 2 aromatic carbocycles. The van der Waals surface area contributed by atoms with Gasteiger partial charge in [0.25, 0.3) is 0 Å². The maximum Gasteiger partial charge on any atom is 0.123 e. The molecule has 180 valence electrons. The smallest absolute Gasteiger partial charge is 0.123 e. The maximum atomic E-state index is 4.88. The molecule has 5 heterocycles. The van der Waals surface area contributed by atoms with E-state index in [1.165, 1.54) is 12.8 Å². The molecule has 3 aromatic heterocycles. The van der Waals surface area contributed by atoms with Gasteiger partial charge in [-0.2, -0.15) is 0 Å². The number of nitrogens with zero attached hydrogens (tertiary/aromatic N) is 4. The van der Waals surface area contributed by atoms with Gasteiger partial charge < -0.3 is 20.6 Å². The first-order chi connectivity index (χ1) is 17.8. The number of aromatic nitrogens is 6. The van der Waals surface area contributed by atoms with E-state index in [1.807, 2.05) is 24.7 Å². The normalized spacial score (nSPS) is 19.9. The predicted octanol–water partition coefficient (Wildman–Crippen LogP) is 4.93. The standard InChI is InChI=1S/C28H28N8/c1-3-21(29-11-1)27-32-15-25(35-27)18-7-5-17(6-8-18)24-14-31-23-13-19(9-10-20(23)34-24)26-16-33-28(36-26)22-4-2-12-30-22/h5-10,13-16,21-22,29-30H,1-4,11-12H2,(H,32,35)(H,33,36)/t21-,22-/m0/s1. The molecule has 8 nitrogen and oxygen atoms in total. The van der Waals surface area contributed by atoms with Crippen LogP contribution < -0.4 is 10.6 Å². The zero-order chi connectivity index (χ0) is 23.9. The summed E-state index contributed by atoms with van der Waals surface area (Å²) in [6.45, 7) is 2.12. The SMILES string of the molecule is c1cc(-c2cnc([C@@H]3CCCN3)[nH]2)ccc1-c1cnc2cc(-c3cnc([C@@H]4CCCN4)[nH]3)ccc2n1. The van der Waals surface area contributed by atoms with E-state index in [0.29, 0.717) is 12.1 Å². The van der Waals surface area contributed by atoms with E-state index in [4.69, 9.17) is 9.97 Å². The summed E-state index contributed by atoms with van der Waals surface area (Å²) in [6.07, 6.45) is 10.3. The number of benzene rings is 2. The zero-order valence-electron chi connectivity index (χ0n) is 20.0. The van der Waals surface area contributed by atoms with Gasteiger partial charge in [-0.15, -0.1) is 0 Å². The van der Waals surface area contributed by atoms with Crippen LogP contribution in [0.5, 0.6) is 0 Å². The summed E-state index contributed by atoms with van der Waals surface area (Å²) in [4.78, 5) is 25.7. The molecule has 4 N–H and O–H groups in total. The fourth-order valence-corrected chi connectivity index (χ4v) is 5.29. The second-order valence-corrected chi connectivity index (χ2v) is 9.70. The molecule has 0 radical (unpaired) electrons. The third-order valence-electron chi connectivity index (χ3n) is 7.32. The van der Waals surface area contributed by atoms with Crippen molar-refractivity contribution < 1.29 is 0 Å². The van der Waals surface area contributed by atoms with E-state index < -0.39 is 0 Å². The monoisotopic (exact) mass is 476 g/mol.